The largest absolute Gasteiger partial charge is 0.480 e. The van der Waals surface area contributed by atoms with E-state index in [0.29, 0.717) is 30.4 Å². The van der Waals surface area contributed by atoms with Gasteiger partial charge < -0.3 is 39.8 Å². The summed E-state index contributed by atoms with van der Waals surface area (Å²) in [5.41, 5.74) is 1.09. The third-order valence-corrected chi connectivity index (χ3v) is 11.8. The van der Waals surface area contributed by atoms with Gasteiger partial charge in [-0.2, -0.15) is 4.98 Å². The van der Waals surface area contributed by atoms with E-state index in [-0.39, 0.29) is 31.6 Å². The highest BCUT2D eigenvalue weighted by molar-refractivity contribution is 5.96. The molecule has 0 spiro atoms. The van der Waals surface area contributed by atoms with Gasteiger partial charge in [-0.1, -0.05) is 152 Å². The van der Waals surface area contributed by atoms with Gasteiger partial charge in [0.25, 0.3) is 0 Å². The van der Waals surface area contributed by atoms with Gasteiger partial charge >= 0.3 is 35.9 Å². The van der Waals surface area contributed by atoms with Crippen LogP contribution in [0.5, 0.6) is 0 Å². The van der Waals surface area contributed by atoms with Crippen molar-refractivity contribution in [2.75, 3.05) is 18.4 Å². The maximum atomic E-state index is 14.1. The van der Waals surface area contributed by atoms with Crippen molar-refractivity contribution in [1.29, 1.82) is 0 Å². The first-order chi connectivity index (χ1) is 33.1. The molecule has 4 aromatic rings. The Morgan fingerprint density at radius 3 is 1.43 bits per heavy atom. The molecule has 0 radical (unpaired) electrons. The number of carbonyl (C=O) groups is 6. The van der Waals surface area contributed by atoms with Gasteiger partial charge in [-0.15, -0.1) is 0 Å². The molecule has 1 aromatic heterocycles. The Hall–Kier alpha value is -7.28. The lowest BCUT2D eigenvalue weighted by Gasteiger charge is -2.37. The molecule has 372 valence electrons. The summed E-state index contributed by atoms with van der Waals surface area (Å²) in [6.07, 6.45) is -1.83. The predicted molar refractivity (Wildman–Crippen MR) is 253 cm³/mol. The summed E-state index contributed by atoms with van der Waals surface area (Å²) in [6, 6.07) is 23.7. The summed E-state index contributed by atoms with van der Waals surface area (Å²) >= 11 is 0. The van der Waals surface area contributed by atoms with Gasteiger partial charge in [0.05, 0.1) is 19.2 Å². The van der Waals surface area contributed by atoms with Crippen molar-refractivity contribution in [3.63, 3.8) is 0 Å². The van der Waals surface area contributed by atoms with Crippen molar-refractivity contribution in [3.05, 3.63) is 130 Å². The van der Waals surface area contributed by atoms with Crippen molar-refractivity contribution in [1.82, 2.24) is 24.7 Å². The van der Waals surface area contributed by atoms with Crippen LogP contribution in [0.4, 0.5) is 20.2 Å². The first-order valence-corrected chi connectivity index (χ1v) is 22.9. The number of nitrogens with one attached hydrogen (secondary N) is 2. The van der Waals surface area contributed by atoms with Crippen molar-refractivity contribution >= 4 is 41.9 Å². The Morgan fingerprint density at radius 2 is 1.04 bits per heavy atom. The van der Waals surface area contributed by atoms with Crippen LogP contribution in [0.25, 0.3) is 0 Å². The summed E-state index contributed by atoms with van der Waals surface area (Å²) < 4.78 is 23.9. The van der Waals surface area contributed by atoms with Crippen LogP contribution in [0.3, 0.4) is 0 Å². The maximum absolute atomic E-state index is 14.1. The number of rotatable bonds is 26. The first-order valence-electron chi connectivity index (χ1n) is 22.9. The molecule has 69 heavy (non-hydrogen) atoms. The second kappa shape index (κ2) is 27.5. The van der Waals surface area contributed by atoms with Crippen molar-refractivity contribution in [2.24, 2.45) is 17.8 Å². The van der Waals surface area contributed by atoms with Crippen molar-refractivity contribution in [3.8, 4) is 0 Å². The molecule has 4 amide bonds. The zero-order valence-electron chi connectivity index (χ0n) is 39.9. The topological polar surface area (TPSA) is 245 Å². The summed E-state index contributed by atoms with van der Waals surface area (Å²) in [5, 5.41) is 26.3. The molecule has 19 heteroatoms. The number of carboxylic acids is 2. The normalized spacial score (nSPS) is 13.7. The molecule has 0 aliphatic rings. The van der Waals surface area contributed by atoms with E-state index in [0.717, 1.165) is 19.9 Å². The maximum Gasteiger partial charge on any atom is 0.410 e. The summed E-state index contributed by atoms with van der Waals surface area (Å²) in [4.78, 5) is 99.8. The number of hydrogen-bond acceptors (Lipinski definition) is 12. The number of benzene rings is 3. The number of alkyl carbamates (subject to hydrolysis) is 1. The molecule has 6 atom stereocenters. The Morgan fingerprint density at radius 1 is 0.623 bits per heavy atom. The van der Waals surface area contributed by atoms with E-state index in [4.69, 9.17) is 18.9 Å². The minimum Gasteiger partial charge on any atom is -0.480 e. The molecule has 0 bridgehead atoms. The molecule has 3 aromatic carbocycles. The van der Waals surface area contributed by atoms with Gasteiger partial charge in [0.15, 0.2) is 0 Å². The molecular formula is C50H64N6O13. The van der Waals surface area contributed by atoms with Crippen LogP contribution in [-0.2, 0) is 59.9 Å². The fourth-order valence-electron chi connectivity index (χ4n) is 7.20. The van der Waals surface area contributed by atoms with Crippen LogP contribution in [0.15, 0.2) is 108 Å². The van der Waals surface area contributed by atoms with E-state index in [1.165, 1.54) is 12.3 Å². The number of nitrogens with zero attached hydrogens (tertiary/aromatic N) is 4. The van der Waals surface area contributed by atoms with E-state index in [2.05, 4.69) is 15.6 Å². The fraction of sp³-hybridized carbons (Fsp3) is 0.440. The number of carbonyl (C=O) groups excluding carboxylic acids is 4. The number of aliphatic carboxylic acids is 2. The highest BCUT2D eigenvalue weighted by Crippen LogP contribution is 2.23. The SMILES string of the molecule is CC[C@H](C)[C@H](NC(=O)OCc1ccccc1)C(=O)Nc1ccn(COC(CN(C(=O)OCc2ccccc2)[C@H](C(=O)O)[C@@H](C)CC)CN(C(=O)OCc2ccccc2)[C@H](C(=O)O)[C@@H](C)CC)c(=O)n1. The fourth-order valence-corrected chi connectivity index (χ4v) is 7.20. The van der Waals surface area contributed by atoms with Gasteiger partial charge in [0, 0.05) is 6.20 Å². The predicted octanol–water partition coefficient (Wildman–Crippen LogP) is 7.14. The molecule has 4 N–H and O–H groups in total. The monoisotopic (exact) mass is 956 g/mol. The zero-order valence-corrected chi connectivity index (χ0v) is 39.9. The second-order valence-electron chi connectivity index (χ2n) is 16.8. The van der Waals surface area contributed by atoms with Crippen LogP contribution in [-0.4, -0.2) is 103 Å². The smallest absolute Gasteiger partial charge is 0.410 e. The average Bonchev–Trinajstić information content (AvgIpc) is 3.35. The van der Waals surface area contributed by atoms with Crippen LogP contribution >= 0.6 is 0 Å². The summed E-state index contributed by atoms with van der Waals surface area (Å²) in [5.74, 6) is -5.13. The minimum absolute atomic E-state index is 0.0208. The number of aromatic nitrogens is 2. The highest BCUT2D eigenvalue weighted by Gasteiger charge is 2.40. The standard InChI is InChI=1S/C50H64N6O13/c1-7-33(4)41(53-48(63)66-29-36-19-13-10-14-20-36)44(57)51-40-25-26-54(47(62)52-40)32-69-39(27-55(42(45(58)59)34(5)8-2)49(64)67-30-37-21-15-11-16-22-37)28-56(43(46(60)61)35(6)9-3)50(65)68-31-38-23-17-12-18-24-38/h10-26,33-35,39,41-43H,7-9,27-32H2,1-6H3,(H,53,63)(H,58,59)(H,60,61)(H,51,52,57,62)/t33-,34-,35-,41-,42-,43-/m0/s1. The Balaban J connectivity index is 1.66. The Labute approximate surface area is 401 Å². The molecule has 19 nitrogen and oxygen atoms in total. The lowest BCUT2D eigenvalue weighted by molar-refractivity contribution is -0.147. The van der Waals surface area contributed by atoms with E-state index in [9.17, 15) is 43.8 Å². The Bertz CT molecular complexity index is 2250. The van der Waals surface area contributed by atoms with E-state index >= 15 is 0 Å². The molecule has 0 saturated heterocycles. The van der Waals surface area contributed by atoms with Crippen LogP contribution in [0, 0.1) is 17.8 Å². The van der Waals surface area contributed by atoms with E-state index in [1.807, 2.05) is 13.0 Å². The third-order valence-electron chi connectivity index (χ3n) is 11.8. The van der Waals surface area contributed by atoms with Gasteiger partial charge in [-0.05, 0) is 40.5 Å². The number of anilines is 1. The van der Waals surface area contributed by atoms with Crippen LogP contribution in [0.1, 0.15) is 77.5 Å². The van der Waals surface area contributed by atoms with Crippen LogP contribution < -0.4 is 16.3 Å². The second-order valence-corrected chi connectivity index (χ2v) is 16.8. The molecule has 0 fully saturated rings. The molecule has 1 heterocycles. The molecule has 0 aliphatic carbocycles. The molecule has 4 rings (SSSR count). The first kappa shape index (κ1) is 54.3. The lowest BCUT2D eigenvalue weighted by atomic mass is 9.96. The van der Waals surface area contributed by atoms with Gasteiger partial charge in [-0.25, -0.2) is 28.8 Å². The van der Waals surface area contributed by atoms with Crippen molar-refractivity contribution in [2.45, 2.75) is 112 Å². The quantitative estimate of drug-likeness (QED) is 0.0457. The summed E-state index contributed by atoms with van der Waals surface area (Å²) in [6.45, 7) is 8.25. The molecule has 0 aliphatic heterocycles. The number of amides is 4. The molecule has 0 saturated carbocycles. The molecule has 0 unspecified atom stereocenters. The lowest BCUT2D eigenvalue weighted by Crippen LogP contribution is -2.56. The zero-order chi connectivity index (χ0) is 50.5. The van der Waals surface area contributed by atoms with Crippen molar-refractivity contribution < 1.29 is 57.9 Å². The summed E-state index contributed by atoms with van der Waals surface area (Å²) in [7, 11) is 0. The highest BCUT2D eigenvalue weighted by atomic mass is 16.6. The Kier molecular flexibility index (Phi) is 21.7. The number of hydrogen-bond donors (Lipinski definition) is 4. The third kappa shape index (κ3) is 16.8. The van der Waals surface area contributed by atoms with E-state index in [1.54, 1.807) is 120 Å². The van der Waals surface area contributed by atoms with E-state index < -0.39 is 97.7 Å². The van der Waals surface area contributed by atoms with Crippen LogP contribution in [0.2, 0.25) is 0 Å². The number of carboxylic acid groups (broad SMARTS) is 2. The minimum atomic E-state index is -1.47. The number of ether oxygens (including phenoxy) is 4. The van der Waals surface area contributed by atoms with Gasteiger partial charge in [0.1, 0.15) is 50.5 Å². The average molecular weight is 957 g/mol. The molecular weight excluding hydrogens is 893 g/mol. The van der Waals surface area contributed by atoms with Gasteiger partial charge in [-0.3, -0.25) is 19.2 Å². The van der Waals surface area contributed by atoms with Gasteiger partial charge in [0.2, 0.25) is 5.91 Å².